The number of nitrogens with zero attached hydrogens (tertiary/aromatic N) is 4. The first-order chi connectivity index (χ1) is 10.9. The predicted octanol–water partition coefficient (Wildman–Crippen LogP) is 2.84. The maximum atomic E-state index is 4.26. The van der Waals surface area contributed by atoms with Crippen LogP contribution in [0.3, 0.4) is 0 Å². The van der Waals surface area contributed by atoms with Gasteiger partial charge in [-0.2, -0.15) is 5.10 Å². The van der Waals surface area contributed by atoms with Gasteiger partial charge in [0.2, 0.25) is 0 Å². The fourth-order valence-electron chi connectivity index (χ4n) is 2.17. The molecule has 0 saturated heterocycles. The Balaban J connectivity index is 0.00000288. The largest absolute Gasteiger partial charge is 0.356 e. The van der Waals surface area contributed by atoms with Gasteiger partial charge >= 0.3 is 0 Å². The van der Waals surface area contributed by atoms with Crippen molar-refractivity contribution in [1.29, 1.82) is 0 Å². The lowest BCUT2D eigenvalue weighted by Crippen LogP contribution is -2.43. The summed E-state index contributed by atoms with van der Waals surface area (Å²) < 4.78 is 2.83. The van der Waals surface area contributed by atoms with E-state index in [0.717, 1.165) is 22.8 Å². The minimum Gasteiger partial charge on any atom is -0.356 e. The molecule has 2 aromatic rings. The number of aliphatic imine (C=N–C) groups is 1. The van der Waals surface area contributed by atoms with Gasteiger partial charge in [-0.25, -0.2) is 4.98 Å². The van der Waals surface area contributed by atoms with Crippen LogP contribution >= 0.6 is 39.9 Å². The van der Waals surface area contributed by atoms with E-state index in [1.54, 1.807) is 18.1 Å². The highest BCUT2D eigenvalue weighted by atomic mass is 127. The standard InChI is InChI=1S/C16H23BrN6.HI/c1-16(2,12-5-7-13(17)8-6-12)10-20-15(18-3)19-9-14-21-11-22-23(14)4;/h5-8,11H,9-10H2,1-4H3,(H2,18,19,20);1H. The number of rotatable bonds is 5. The SMILES string of the molecule is CN=C(NCc1ncnn1C)NCC(C)(C)c1ccc(Br)cc1.I. The summed E-state index contributed by atoms with van der Waals surface area (Å²) in [6.45, 7) is 5.76. The molecule has 2 N–H and O–H groups in total. The molecular weight excluding hydrogens is 483 g/mol. The summed E-state index contributed by atoms with van der Waals surface area (Å²) in [4.78, 5) is 8.45. The summed E-state index contributed by atoms with van der Waals surface area (Å²) in [5.74, 6) is 1.61. The zero-order valence-corrected chi connectivity index (χ0v) is 18.3. The minimum absolute atomic E-state index is 0. The Labute approximate surface area is 168 Å². The number of hydrogen-bond acceptors (Lipinski definition) is 3. The van der Waals surface area contributed by atoms with Gasteiger partial charge in [-0.3, -0.25) is 9.67 Å². The summed E-state index contributed by atoms with van der Waals surface area (Å²) in [6, 6.07) is 8.42. The molecule has 0 atom stereocenters. The molecule has 0 aliphatic rings. The lowest BCUT2D eigenvalue weighted by molar-refractivity contribution is 0.508. The van der Waals surface area contributed by atoms with Crippen LogP contribution in [0.25, 0.3) is 0 Å². The fraction of sp³-hybridized carbons (Fsp3) is 0.438. The minimum atomic E-state index is -0.0108. The molecule has 0 saturated carbocycles. The van der Waals surface area contributed by atoms with Crippen molar-refractivity contribution in [3.8, 4) is 0 Å². The molecule has 0 bridgehead atoms. The van der Waals surface area contributed by atoms with Crippen molar-refractivity contribution in [3.63, 3.8) is 0 Å². The monoisotopic (exact) mass is 506 g/mol. The van der Waals surface area contributed by atoms with Crippen LogP contribution in [-0.2, 0) is 19.0 Å². The molecule has 8 heteroatoms. The average molecular weight is 507 g/mol. The van der Waals surface area contributed by atoms with Gasteiger partial charge < -0.3 is 10.6 Å². The van der Waals surface area contributed by atoms with E-state index in [9.17, 15) is 0 Å². The Hall–Kier alpha value is -1.16. The molecule has 1 aromatic carbocycles. The van der Waals surface area contributed by atoms with Crippen molar-refractivity contribution in [3.05, 3.63) is 46.5 Å². The van der Waals surface area contributed by atoms with Gasteiger partial charge in [-0.1, -0.05) is 41.9 Å². The number of nitrogens with one attached hydrogen (secondary N) is 2. The van der Waals surface area contributed by atoms with E-state index in [1.165, 1.54) is 5.56 Å². The van der Waals surface area contributed by atoms with Crippen LogP contribution in [0.4, 0.5) is 0 Å². The number of halogens is 2. The molecule has 0 amide bonds. The van der Waals surface area contributed by atoms with Gasteiger partial charge in [0.1, 0.15) is 12.2 Å². The van der Waals surface area contributed by atoms with Crippen molar-refractivity contribution in [2.75, 3.05) is 13.6 Å². The molecule has 1 aromatic heterocycles. The normalized spacial score (nSPS) is 11.8. The van der Waals surface area contributed by atoms with Gasteiger partial charge in [-0.15, -0.1) is 24.0 Å². The van der Waals surface area contributed by atoms with Crippen LogP contribution in [0, 0.1) is 0 Å². The van der Waals surface area contributed by atoms with Crippen LogP contribution in [-0.4, -0.2) is 34.3 Å². The van der Waals surface area contributed by atoms with Gasteiger partial charge in [0, 0.05) is 30.5 Å². The Bertz CT molecular complexity index is 665. The second kappa shape index (κ2) is 9.36. The van der Waals surface area contributed by atoms with Crippen LogP contribution in [0.2, 0.25) is 0 Å². The smallest absolute Gasteiger partial charge is 0.191 e. The predicted molar refractivity (Wildman–Crippen MR) is 112 cm³/mol. The van der Waals surface area contributed by atoms with Crippen molar-refractivity contribution in [2.24, 2.45) is 12.0 Å². The third-order valence-electron chi connectivity index (χ3n) is 3.77. The number of benzene rings is 1. The van der Waals surface area contributed by atoms with Gasteiger partial charge in [0.15, 0.2) is 5.96 Å². The van der Waals surface area contributed by atoms with Crippen molar-refractivity contribution >= 4 is 45.9 Å². The van der Waals surface area contributed by atoms with Gasteiger partial charge in [0.25, 0.3) is 0 Å². The Morgan fingerprint density at radius 1 is 1.25 bits per heavy atom. The first kappa shape index (κ1) is 20.9. The lowest BCUT2D eigenvalue weighted by Gasteiger charge is -2.26. The van der Waals surface area contributed by atoms with E-state index in [2.05, 4.69) is 79.8 Å². The summed E-state index contributed by atoms with van der Waals surface area (Å²) >= 11 is 3.47. The topological polar surface area (TPSA) is 67.1 Å². The van der Waals surface area contributed by atoms with Crippen molar-refractivity contribution < 1.29 is 0 Å². The van der Waals surface area contributed by atoms with E-state index < -0.39 is 0 Å². The third kappa shape index (κ3) is 5.73. The van der Waals surface area contributed by atoms with Crippen LogP contribution < -0.4 is 10.6 Å². The van der Waals surface area contributed by atoms with Crippen LogP contribution in [0.5, 0.6) is 0 Å². The summed E-state index contributed by atoms with van der Waals surface area (Å²) in [6.07, 6.45) is 1.55. The fourth-order valence-corrected chi connectivity index (χ4v) is 2.44. The Kier molecular flexibility index (Phi) is 8.14. The van der Waals surface area contributed by atoms with E-state index in [4.69, 9.17) is 0 Å². The number of aromatic nitrogens is 3. The second-order valence-corrected chi connectivity index (χ2v) is 6.89. The third-order valence-corrected chi connectivity index (χ3v) is 4.29. The molecule has 0 spiro atoms. The molecular formula is C16H24BrIN6. The average Bonchev–Trinajstić information content (AvgIpc) is 2.93. The number of hydrogen-bond donors (Lipinski definition) is 2. The first-order valence-corrected chi connectivity index (χ1v) is 8.25. The van der Waals surface area contributed by atoms with Crippen LogP contribution in [0.15, 0.2) is 40.1 Å². The maximum Gasteiger partial charge on any atom is 0.191 e. The summed E-state index contributed by atoms with van der Waals surface area (Å²) in [5.41, 5.74) is 1.26. The molecule has 0 unspecified atom stereocenters. The lowest BCUT2D eigenvalue weighted by atomic mass is 9.85. The Morgan fingerprint density at radius 3 is 2.46 bits per heavy atom. The van der Waals surface area contributed by atoms with Crippen LogP contribution in [0.1, 0.15) is 25.2 Å². The van der Waals surface area contributed by atoms with Gasteiger partial charge in [0.05, 0.1) is 6.54 Å². The molecule has 0 aliphatic heterocycles. The highest BCUT2D eigenvalue weighted by Crippen LogP contribution is 2.23. The molecule has 1 heterocycles. The molecule has 0 radical (unpaired) electrons. The molecule has 24 heavy (non-hydrogen) atoms. The number of aryl methyl sites for hydroxylation is 1. The zero-order valence-electron chi connectivity index (χ0n) is 14.4. The molecule has 0 fully saturated rings. The number of guanidine groups is 1. The highest BCUT2D eigenvalue weighted by Gasteiger charge is 2.20. The maximum absolute atomic E-state index is 4.26. The molecule has 0 aliphatic carbocycles. The van der Waals surface area contributed by atoms with E-state index in [1.807, 2.05) is 7.05 Å². The molecule has 6 nitrogen and oxygen atoms in total. The van der Waals surface area contributed by atoms with Gasteiger partial charge in [-0.05, 0) is 17.7 Å². The summed E-state index contributed by atoms with van der Waals surface area (Å²) in [5, 5.41) is 10.7. The second-order valence-electron chi connectivity index (χ2n) is 5.97. The molecule has 132 valence electrons. The first-order valence-electron chi connectivity index (χ1n) is 7.46. The van der Waals surface area contributed by atoms with Crippen molar-refractivity contribution in [1.82, 2.24) is 25.4 Å². The molecule has 2 rings (SSSR count). The quantitative estimate of drug-likeness (QED) is 0.372. The van der Waals surface area contributed by atoms with Crippen molar-refractivity contribution in [2.45, 2.75) is 25.8 Å². The highest BCUT2D eigenvalue weighted by molar-refractivity contribution is 14.0. The Morgan fingerprint density at radius 2 is 1.92 bits per heavy atom. The van der Waals surface area contributed by atoms with E-state index in [-0.39, 0.29) is 29.4 Å². The summed E-state index contributed by atoms with van der Waals surface area (Å²) in [7, 11) is 3.63. The zero-order chi connectivity index (χ0) is 16.9. The van der Waals surface area contributed by atoms with E-state index in [0.29, 0.717) is 6.54 Å². The van der Waals surface area contributed by atoms with E-state index >= 15 is 0 Å².